The molecule has 0 bridgehead atoms. The number of ether oxygens (including phenoxy) is 1. The Balaban J connectivity index is 1.88. The van der Waals surface area contributed by atoms with Crippen LogP contribution in [0.1, 0.15) is 16.7 Å². The molecule has 2 aromatic rings. The van der Waals surface area contributed by atoms with E-state index < -0.39 is 18.3 Å². The maximum atomic E-state index is 13.3. The quantitative estimate of drug-likeness (QED) is 0.609. The molecule has 154 valence electrons. The van der Waals surface area contributed by atoms with Crippen LogP contribution in [0.5, 0.6) is 0 Å². The van der Waals surface area contributed by atoms with Crippen molar-refractivity contribution in [3.63, 3.8) is 0 Å². The first-order chi connectivity index (χ1) is 13.7. The topological polar surface area (TPSA) is 103 Å². The Morgan fingerprint density at radius 2 is 2.14 bits per heavy atom. The fraction of sp³-hybridized carbons (Fsp3) is 0.389. The standard InChI is InChI=1S/C18H17BrF3N5O2/c1-9-5-24-17(27-16(9)26-14-8-29-7-11(14)4-23)25-12-2-10(6-28)15(19)13(3-12)18(20,21)22/h2-3,5,11,14,28H,6-8H2,1H3,(H2,24,25,26,27)/t11-,14-/m1/s1. The Labute approximate surface area is 173 Å². The number of hydrogen-bond acceptors (Lipinski definition) is 7. The molecule has 2 heterocycles. The van der Waals surface area contributed by atoms with Gasteiger partial charge in [0.1, 0.15) is 5.82 Å². The zero-order chi connectivity index (χ0) is 21.2. The maximum absolute atomic E-state index is 13.3. The number of hydrogen-bond donors (Lipinski definition) is 3. The van der Waals surface area contributed by atoms with Crippen LogP contribution in [0.15, 0.2) is 22.8 Å². The van der Waals surface area contributed by atoms with Gasteiger partial charge >= 0.3 is 6.18 Å². The molecule has 29 heavy (non-hydrogen) atoms. The summed E-state index contributed by atoms with van der Waals surface area (Å²) in [6, 6.07) is 4.22. The van der Waals surface area contributed by atoms with E-state index in [2.05, 4.69) is 42.6 Å². The van der Waals surface area contributed by atoms with Crippen molar-refractivity contribution in [1.82, 2.24) is 9.97 Å². The number of halogens is 4. The van der Waals surface area contributed by atoms with Gasteiger partial charge in [-0.3, -0.25) is 0 Å². The van der Waals surface area contributed by atoms with Crippen molar-refractivity contribution in [3.8, 4) is 6.07 Å². The minimum Gasteiger partial charge on any atom is -0.392 e. The summed E-state index contributed by atoms with van der Waals surface area (Å²) in [5, 5.41) is 24.4. The van der Waals surface area contributed by atoms with Crippen LogP contribution >= 0.6 is 15.9 Å². The third-order valence-electron chi connectivity index (χ3n) is 4.42. The first kappa shape index (κ1) is 21.3. The molecule has 0 saturated carbocycles. The van der Waals surface area contributed by atoms with Gasteiger partial charge in [-0.1, -0.05) is 0 Å². The van der Waals surface area contributed by atoms with Gasteiger partial charge in [0, 0.05) is 21.9 Å². The van der Waals surface area contributed by atoms with Crippen LogP contribution in [0.25, 0.3) is 0 Å². The molecular formula is C18H17BrF3N5O2. The number of aromatic nitrogens is 2. The number of benzene rings is 1. The number of aliphatic hydroxyl groups excluding tert-OH is 1. The lowest BCUT2D eigenvalue weighted by atomic mass is 10.1. The van der Waals surface area contributed by atoms with E-state index in [1.165, 1.54) is 12.3 Å². The highest BCUT2D eigenvalue weighted by Gasteiger charge is 2.34. The predicted molar refractivity (Wildman–Crippen MR) is 102 cm³/mol. The summed E-state index contributed by atoms with van der Waals surface area (Å²) in [6.45, 7) is 1.88. The lowest BCUT2D eigenvalue weighted by Crippen LogP contribution is -2.27. The van der Waals surface area contributed by atoms with Crippen LogP contribution in [0.3, 0.4) is 0 Å². The minimum absolute atomic E-state index is 0.0739. The van der Waals surface area contributed by atoms with Crippen LogP contribution in [0.4, 0.5) is 30.6 Å². The Morgan fingerprint density at radius 3 is 2.79 bits per heavy atom. The monoisotopic (exact) mass is 471 g/mol. The molecule has 0 amide bonds. The number of rotatable bonds is 5. The number of nitriles is 1. The molecule has 0 spiro atoms. The molecule has 0 unspecified atom stereocenters. The first-order valence-electron chi connectivity index (χ1n) is 8.58. The number of aryl methyl sites for hydroxylation is 1. The van der Waals surface area contributed by atoms with Gasteiger partial charge in [-0.05, 0) is 40.5 Å². The summed E-state index contributed by atoms with van der Waals surface area (Å²) >= 11 is 2.89. The zero-order valence-electron chi connectivity index (χ0n) is 15.2. The fourth-order valence-electron chi connectivity index (χ4n) is 2.85. The van der Waals surface area contributed by atoms with E-state index in [1.54, 1.807) is 6.92 Å². The smallest absolute Gasteiger partial charge is 0.392 e. The van der Waals surface area contributed by atoms with Crippen molar-refractivity contribution < 1.29 is 23.0 Å². The van der Waals surface area contributed by atoms with Crippen molar-refractivity contribution in [1.29, 1.82) is 5.26 Å². The Morgan fingerprint density at radius 1 is 1.38 bits per heavy atom. The molecule has 1 saturated heterocycles. The van der Waals surface area contributed by atoms with E-state index in [4.69, 9.17) is 10.00 Å². The second kappa shape index (κ2) is 8.52. The summed E-state index contributed by atoms with van der Waals surface area (Å²) in [5.74, 6) is 0.201. The largest absolute Gasteiger partial charge is 0.417 e. The highest BCUT2D eigenvalue weighted by molar-refractivity contribution is 9.10. The zero-order valence-corrected chi connectivity index (χ0v) is 16.8. The Kier molecular flexibility index (Phi) is 6.26. The van der Waals surface area contributed by atoms with Crippen molar-refractivity contribution in [2.45, 2.75) is 25.7 Å². The third-order valence-corrected chi connectivity index (χ3v) is 5.36. The van der Waals surface area contributed by atoms with E-state index >= 15 is 0 Å². The van der Waals surface area contributed by atoms with Crippen molar-refractivity contribution in [2.24, 2.45) is 5.92 Å². The number of nitrogens with zero attached hydrogens (tertiary/aromatic N) is 3. The van der Waals surface area contributed by atoms with Crippen LogP contribution < -0.4 is 10.6 Å². The van der Waals surface area contributed by atoms with E-state index in [9.17, 15) is 18.3 Å². The molecule has 1 aromatic carbocycles. The molecule has 3 rings (SSSR count). The first-order valence-corrected chi connectivity index (χ1v) is 9.37. The minimum atomic E-state index is -4.60. The van der Waals surface area contributed by atoms with Gasteiger partial charge < -0.3 is 20.5 Å². The van der Waals surface area contributed by atoms with Gasteiger partial charge in [-0.15, -0.1) is 0 Å². The van der Waals surface area contributed by atoms with E-state index in [1.807, 2.05) is 0 Å². The summed E-state index contributed by atoms with van der Waals surface area (Å²) in [4.78, 5) is 8.42. The highest BCUT2D eigenvalue weighted by atomic mass is 79.9. The lowest BCUT2D eigenvalue weighted by molar-refractivity contribution is -0.138. The van der Waals surface area contributed by atoms with Crippen LogP contribution in [-0.4, -0.2) is 34.3 Å². The Hall–Kier alpha value is -2.42. The van der Waals surface area contributed by atoms with Gasteiger partial charge in [-0.25, -0.2) is 4.98 Å². The second-order valence-electron chi connectivity index (χ2n) is 6.53. The molecule has 1 aliphatic rings. The molecular weight excluding hydrogens is 455 g/mol. The van der Waals surface area contributed by atoms with E-state index in [0.717, 1.165) is 6.07 Å². The van der Waals surface area contributed by atoms with Crippen molar-refractivity contribution >= 4 is 33.4 Å². The van der Waals surface area contributed by atoms with E-state index in [0.29, 0.717) is 24.6 Å². The summed E-state index contributed by atoms with van der Waals surface area (Å²) in [5.41, 5.74) is -0.0508. The normalized spacial score (nSPS) is 19.1. The third kappa shape index (κ3) is 4.77. The fourth-order valence-corrected chi connectivity index (χ4v) is 3.43. The molecule has 1 aromatic heterocycles. The van der Waals surface area contributed by atoms with Crippen LogP contribution in [0, 0.1) is 24.2 Å². The van der Waals surface area contributed by atoms with Gasteiger partial charge in [0.25, 0.3) is 0 Å². The summed E-state index contributed by atoms with van der Waals surface area (Å²) in [6.07, 6.45) is -3.08. The molecule has 11 heteroatoms. The van der Waals surface area contributed by atoms with Crippen molar-refractivity contribution in [2.75, 3.05) is 23.8 Å². The van der Waals surface area contributed by atoms with E-state index in [-0.39, 0.29) is 33.6 Å². The second-order valence-corrected chi connectivity index (χ2v) is 7.32. The molecule has 3 N–H and O–H groups in total. The Bertz CT molecular complexity index is 948. The van der Waals surface area contributed by atoms with Gasteiger partial charge in [-0.2, -0.15) is 23.4 Å². The maximum Gasteiger partial charge on any atom is 0.417 e. The van der Waals surface area contributed by atoms with Gasteiger partial charge in [0.05, 0.1) is 43.4 Å². The molecule has 0 aliphatic carbocycles. The number of aliphatic hydroxyl groups is 1. The number of anilines is 3. The number of alkyl halides is 3. The average Bonchev–Trinajstić information content (AvgIpc) is 3.12. The van der Waals surface area contributed by atoms with Crippen LogP contribution in [-0.2, 0) is 17.5 Å². The van der Waals surface area contributed by atoms with Crippen molar-refractivity contribution in [3.05, 3.63) is 39.5 Å². The highest BCUT2D eigenvalue weighted by Crippen LogP contribution is 2.39. The SMILES string of the molecule is Cc1cnc(Nc2cc(CO)c(Br)c(C(F)(F)F)c2)nc1N[C@@H]1COC[C@H]1C#N. The van der Waals surface area contributed by atoms with Gasteiger partial charge in [0.15, 0.2) is 0 Å². The summed E-state index contributed by atoms with van der Waals surface area (Å²) < 4.78 is 44.9. The summed E-state index contributed by atoms with van der Waals surface area (Å²) in [7, 11) is 0. The molecule has 0 radical (unpaired) electrons. The average molecular weight is 472 g/mol. The lowest BCUT2D eigenvalue weighted by Gasteiger charge is -2.18. The predicted octanol–water partition coefficient (Wildman–Crippen LogP) is 3.75. The molecule has 1 fully saturated rings. The van der Waals surface area contributed by atoms with Crippen LogP contribution in [0.2, 0.25) is 0 Å². The molecule has 1 aliphatic heterocycles. The number of nitrogens with one attached hydrogen (secondary N) is 2. The van der Waals surface area contributed by atoms with Gasteiger partial charge in [0.2, 0.25) is 5.95 Å². The molecule has 2 atom stereocenters. The molecule has 7 nitrogen and oxygen atoms in total.